The highest BCUT2D eigenvalue weighted by atomic mass is 32.2. The minimum Gasteiger partial charge on any atom is -0.480 e. The molecular formula is C10H19FO2S. The van der Waals surface area contributed by atoms with E-state index in [9.17, 15) is 9.18 Å². The monoisotopic (exact) mass is 222 g/mol. The fraction of sp³-hybridized carbons (Fsp3) is 0.900. The first-order valence-corrected chi connectivity index (χ1v) is 6.04. The third-order valence-electron chi connectivity index (χ3n) is 1.92. The molecule has 0 saturated heterocycles. The molecule has 0 aliphatic rings. The Labute approximate surface area is 89.3 Å². The maximum absolute atomic E-state index is 11.7. The van der Waals surface area contributed by atoms with Crippen LogP contribution in [0.3, 0.4) is 0 Å². The number of thioether (sulfide) groups is 1. The first-order valence-electron chi connectivity index (χ1n) is 5.00. The van der Waals surface area contributed by atoms with E-state index in [0.29, 0.717) is 6.42 Å². The third kappa shape index (κ3) is 6.24. The van der Waals surface area contributed by atoms with E-state index in [2.05, 4.69) is 0 Å². The number of rotatable bonds is 8. The zero-order valence-electron chi connectivity index (χ0n) is 8.83. The Kier molecular flexibility index (Phi) is 7.95. The molecule has 84 valence electrons. The average molecular weight is 222 g/mol. The first-order chi connectivity index (χ1) is 6.59. The van der Waals surface area contributed by atoms with E-state index in [0.717, 1.165) is 18.6 Å². The highest BCUT2D eigenvalue weighted by molar-refractivity contribution is 8.00. The average Bonchev–Trinajstić information content (AvgIpc) is 2.09. The summed E-state index contributed by atoms with van der Waals surface area (Å²) in [5.74, 6) is 0.226. The van der Waals surface area contributed by atoms with Crippen molar-refractivity contribution in [3.63, 3.8) is 0 Å². The van der Waals surface area contributed by atoms with Gasteiger partial charge in [0.15, 0.2) is 0 Å². The molecule has 4 heteroatoms. The van der Waals surface area contributed by atoms with Crippen LogP contribution in [-0.2, 0) is 4.79 Å². The molecule has 2 nitrogen and oxygen atoms in total. The molecule has 0 bridgehead atoms. The largest absolute Gasteiger partial charge is 0.480 e. The van der Waals surface area contributed by atoms with E-state index in [-0.39, 0.29) is 17.8 Å². The molecule has 0 aliphatic carbocycles. The fourth-order valence-electron chi connectivity index (χ4n) is 1.13. The van der Waals surface area contributed by atoms with Crippen LogP contribution in [0, 0.1) is 5.92 Å². The van der Waals surface area contributed by atoms with Crippen molar-refractivity contribution < 1.29 is 14.3 Å². The summed E-state index contributed by atoms with van der Waals surface area (Å²) in [5.41, 5.74) is 0. The van der Waals surface area contributed by atoms with Crippen molar-refractivity contribution in [2.24, 2.45) is 5.92 Å². The van der Waals surface area contributed by atoms with E-state index in [4.69, 9.17) is 5.11 Å². The van der Waals surface area contributed by atoms with Crippen LogP contribution in [0.2, 0.25) is 0 Å². The van der Waals surface area contributed by atoms with Crippen molar-refractivity contribution in [2.45, 2.75) is 38.4 Å². The van der Waals surface area contributed by atoms with Gasteiger partial charge in [-0.1, -0.05) is 20.3 Å². The van der Waals surface area contributed by atoms with Crippen LogP contribution in [0.4, 0.5) is 4.39 Å². The van der Waals surface area contributed by atoms with Gasteiger partial charge in [0.2, 0.25) is 0 Å². The molecule has 0 saturated carbocycles. The Balaban J connectivity index is 3.57. The number of carboxylic acids is 1. The van der Waals surface area contributed by atoms with Gasteiger partial charge in [0.05, 0.1) is 6.67 Å². The Morgan fingerprint density at radius 1 is 1.36 bits per heavy atom. The lowest BCUT2D eigenvalue weighted by atomic mass is 10.1. The summed E-state index contributed by atoms with van der Waals surface area (Å²) >= 11 is 1.47. The molecule has 0 spiro atoms. The molecule has 0 aromatic carbocycles. The topological polar surface area (TPSA) is 37.3 Å². The zero-order chi connectivity index (χ0) is 11.0. The number of alkyl halides is 1. The standard InChI is InChI=1S/C10H19FO2S/c1-8(2)9(10(12)13)14-7-5-3-4-6-11/h8-9H,3-7H2,1-2H3,(H,12,13). The molecule has 0 rings (SSSR count). The minimum atomic E-state index is -0.740. The fourth-order valence-corrected chi connectivity index (χ4v) is 2.28. The molecule has 0 fully saturated rings. The van der Waals surface area contributed by atoms with Gasteiger partial charge >= 0.3 is 5.97 Å². The number of unbranched alkanes of at least 4 members (excludes halogenated alkanes) is 2. The number of carboxylic acid groups (broad SMARTS) is 1. The molecule has 1 unspecified atom stereocenters. The van der Waals surface area contributed by atoms with E-state index >= 15 is 0 Å². The number of carbonyl (C=O) groups is 1. The van der Waals surface area contributed by atoms with Crippen LogP contribution >= 0.6 is 11.8 Å². The summed E-state index contributed by atoms with van der Waals surface area (Å²) in [6, 6.07) is 0. The van der Waals surface area contributed by atoms with Crippen LogP contribution in [0.5, 0.6) is 0 Å². The van der Waals surface area contributed by atoms with E-state index < -0.39 is 5.97 Å². The lowest BCUT2D eigenvalue weighted by Gasteiger charge is -2.15. The lowest BCUT2D eigenvalue weighted by Crippen LogP contribution is -2.22. The smallest absolute Gasteiger partial charge is 0.316 e. The summed E-state index contributed by atoms with van der Waals surface area (Å²) in [4.78, 5) is 10.8. The second-order valence-corrected chi connectivity index (χ2v) is 4.87. The molecule has 1 N–H and O–H groups in total. The van der Waals surface area contributed by atoms with E-state index in [1.807, 2.05) is 13.8 Å². The van der Waals surface area contributed by atoms with Gasteiger partial charge in [-0.15, -0.1) is 11.8 Å². The van der Waals surface area contributed by atoms with Crippen molar-refractivity contribution in [3.05, 3.63) is 0 Å². The normalized spacial score (nSPS) is 13.1. The van der Waals surface area contributed by atoms with E-state index in [1.165, 1.54) is 11.8 Å². The number of halogens is 1. The molecule has 0 radical (unpaired) electrons. The van der Waals surface area contributed by atoms with E-state index in [1.54, 1.807) is 0 Å². The number of aliphatic carboxylic acids is 1. The molecule has 0 aromatic rings. The Morgan fingerprint density at radius 3 is 2.43 bits per heavy atom. The van der Waals surface area contributed by atoms with Gasteiger partial charge in [-0.3, -0.25) is 9.18 Å². The quantitative estimate of drug-likeness (QED) is 0.641. The van der Waals surface area contributed by atoms with Crippen LogP contribution in [0.1, 0.15) is 33.1 Å². The van der Waals surface area contributed by atoms with Gasteiger partial charge in [0.25, 0.3) is 0 Å². The summed E-state index contributed by atoms with van der Waals surface area (Å²) in [6.45, 7) is 3.55. The maximum Gasteiger partial charge on any atom is 0.316 e. The molecule has 14 heavy (non-hydrogen) atoms. The summed E-state index contributed by atoms with van der Waals surface area (Å²) in [5, 5.41) is 8.55. The molecule has 0 heterocycles. The van der Waals surface area contributed by atoms with Gasteiger partial charge in [-0.25, -0.2) is 0 Å². The molecule has 0 aromatic heterocycles. The predicted molar refractivity (Wildman–Crippen MR) is 58.5 cm³/mol. The lowest BCUT2D eigenvalue weighted by molar-refractivity contribution is -0.137. The Bertz CT molecular complexity index is 162. The SMILES string of the molecule is CC(C)C(SCCCCCF)C(=O)O. The summed E-state index contributed by atoms with van der Waals surface area (Å²) in [7, 11) is 0. The molecule has 1 atom stereocenters. The highest BCUT2D eigenvalue weighted by Crippen LogP contribution is 2.21. The number of hydrogen-bond acceptors (Lipinski definition) is 2. The second-order valence-electron chi connectivity index (χ2n) is 3.62. The van der Waals surface area contributed by atoms with Crippen molar-refractivity contribution in [2.75, 3.05) is 12.4 Å². The van der Waals surface area contributed by atoms with Crippen molar-refractivity contribution in [1.82, 2.24) is 0 Å². The Hall–Kier alpha value is -0.250. The summed E-state index contributed by atoms with van der Waals surface area (Å²) in [6.07, 6.45) is 2.36. The zero-order valence-corrected chi connectivity index (χ0v) is 9.65. The molecular weight excluding hydrogens is 203 g/mol. The van der Waals surface area contributed by atoms with Crippen LogP contribution in [-0.4, -0.2) is 28.8 Å². The molecule has 0 amide bonds. The minimum absolute atomic E-state index is 0.152. The Morgan fingerprint density at radius 2 is 2.00 bits per heavy atom. The highest BCUT2D eigenvalue weighted by Gasteiger charge is 2.20. The van der Waals surface area contributed by atoms with Crippen molar-refractivity contribution >= 4 is 17.7 Å². The molecule has 0 aliphatic heterocycles. The van der Waals surface area contributed by atoms with Gasteiger partial charge in [0.1, 0.15) is 5.25 Å². The van der Waals surface area contributed by atoms with Crippen molar-refractivity contribution in [3.8, 4) is 0 Å². The third-order valence-corrected chi connectivity index (χ3v) is 3.55. The second kappa shape index (κ2) is 8.09. The van der Waals surface area contributed by atoms with Crippen LogP contribution < -0.4 is 0 Å². The van der Waals surface area contributed by atoms with Gasteiger partial charge in [-0.2, -0.15) is 0 Å². The summed E-state index contributed by atoms with van der Waals surface area (Å²) < 4.78 is 11.7. The van der Waals surface area contributed by atoms with Gasteiger partial charge in [0, 0.05) is 0 Å². The van der Waals surface area contributed by atoms with Gasteiger partial charge in [-0.05, 0) is 24.5 Å². The first kappa shape index (κ1) is 13.8. The van der Waals surface area contributed by atoms with Crippen LogP contribution in [0.25, 0.3) is 0 Å². The predicted octanol–water partition coefficient (Wildman–Crippen LogP) is 2.97. The van der Waals surface area contributed by atoms with Gasteiger partial charge < -0.3 is 5.11 Å². The van der Waals surface area contributed by atoms with Crippen molar-refractivity contribution in [1.29, 1.82) is 0 Å². The number of hydrogen-bond donors (Lipinski definition) is 1. The van der Waals surface area contributed by atoms with Crippen LogP contribution in [0.15, 0.2) is 0 Å². The maximum atomic E-state index is 11.7.